The highest BCUT2D eigenvalue weighted by Gasteiger charge is 2.43. The van der Waals surface area contributed by atoms with Crippen LogP contribution in [-0.2, 0) is 6.42 Å². The number of methoxy groups -OCH3 is 1. The molecule has 1 aliphatic heterocycles. The number of rotatable bonds is 5. The zero-order chi connectivity index (χ0) is 24.9. The second-order valence-electron chi connectivity index (χ2n) is 8.80. The molecule has 4 aromatic rings. The first-order chi connectivity index (χ1) is 16.8. The molecule has 3 aromatic carbocycles. The number of halogens is 1. The molecule has 5 rings (SSSR count). The lowest BCUT2D eigenvalue weighted by atomic mass is 9.97. The molecule has 0 saturated heterocycles. The minimum absolute atomic E-state index is 0.0479. The fourth-order valence-corrected chi connectivity index (χ4v) is 5.11. The summed E-state index contributed by atoms with van der Waals surface area (Å²) in [4.78, 5) is 29.1. The molecule has 1 atom stereocenters. The summed E-state index contributed by atoms with van der Waals surface area (Å²) in [6, 6.07) is 16.2. The van der Waals surface area contributed by atoms with Gasteiger partial charge in [-0.25, -0.2) is 0 Å². The fraction of sp³-hybridized carbons (Fsp3) is 0.214. The zero-order valence-corrected chi connectivity index (χ0v) is 21.2. The molecule has 1 aliphatic rings. The quantitative estimate of drug-likeness (QED) is 0.357. The van der Waals surface area contributed by atoms with Crippen molar-refractivity contribution in [1.82, 2.24) is 4.90 Å². The summed E-state index contributed by atoms with van der Waals surface area (Å²) in [5.41, 5.74) is 4.15. The van der Waals surface area contributed by atoms with Crippen molar-refractivity contribution < 1.29 is 19.1 Å². The van der Waals surface area contributed by atoms with Crippen LogP contribution >= 0.6 is 15.9 Å². The van der Waals surface area contributed by atoms with E-state index in [0.29, 0.717) is 39.5 Å². The smallest absolute Gasteiger partial charge is 0.290 e. The van der Waals surface area contributed by atoms with Gasteiger partial charge in [-0.2, -0.15) is 0 Å². The lowest BCUT2D eigenvalue weighted by molar-refractivity contribution is 0.0730. The average molecular weight is 534 g/mol. The third-order valence-electron chi connectivity index (χ3n) is 6.65. The topological polar surface area (TPSA) is 80.0 Å². The van der Waals surface area contributed by atoms with Crippen LogP contribution in [0.5, 0.6) is 11.5 Å². The highest BCUT2D eigenvalue weighted by Crippen LogP contribution is 2.43. The SMILES string of the molecule is COc1cc(C2c3c(oc4cc(C)c(C)cc4c3=O)C(=O)N2CCc2ccccc2)cc(Br)c1O. The van der Waals surface area contributed by atoms with Crippen LogP contribution in [0.25, 0.3) is 11.0 Å². The van der Waals surface area contributed by atoms with Gasteiger partial charge < -0.3 is 19.2 Å². The molecule has 0 fully saturated rings. The number of aromatic hydroxyl groups is 1. The van der Waals surface area contributed by atoms with Gasteiger partial charge in [0.25, 0.3) is 5.91 Å². The van der Waals surface area contributed by atoms with Crippen LogP contribution in [0.4, 0.5) is 0 Å². The van der Waals surface area contributed by atoms with E-state index < -0.39 is 6.04 Å². The van der Waals surface area contributed by atoms with Crippen LogP contribution in [0.3, 0.4) is 0 Å². The molecule has 1 amide bonds. The summed E-state index contributed by atoms with van der Waals surface area (Å²) in [6.45, 7) is 4.27. The van der Waals surface area contributed by atoms with Crippen LogP contribution in [0, 0.1) is 13.8 Å². The van der Waals surface area contributed by atoms with Crippen molar-refractivity contribution in [2.45, 2.75) is 26.3 Å². The molecule has 0 saturated carbocycles. The number of carbonyl (C=O) groups excluding carboxylic acids is 1. The Balaban J connectivity index is 1.71. The molecule has 6 nitrogen and oxygen atoms in total. The van der Waals surface area contributed by atoms with Crippen LogP contribution in [0.1, 0.15) is 44.4 Å². The van der Waals surface area contributed by atoms with Crippen molar-refractivity contribution in [2.75, 3.05) is 13.7 Å². The van der Waals surface area contributed by atoms with Gasteiger partial charge in [-0.15, -0.1) is 0 Å². The molecule has 0 spiro atoms. The maximum absolute atomic E-state index is 13.8. The predicted octanol–water partition coefficient (Wildman–Crippen LogP) is 5.67. The van der Waals surface area contributed by atoms with E-state index in [0.717, 1.165) is 16.7 Å². The van der Waals surface area contributed by atoms with Crippen LogP contribution in [0.2, 0.25) is 0 Å². The van der Waals surface area contributed by atoms with Crippen molar-refractivity contribution in [3.63, 3.8) is 0 Å². The molecule has 178 valence electrons. The van der Waals surface area contributed by atoms with Crippen molar-refractivity contribution >= 4 is 32.8 Å². The van der Waals surface area contributed by atoms with Gasteiger partial charge in [0.15, 0.2) is 16.9 Å². The Labute approximate surface area is 210 Å². The largest absolute Gasteiger partial charge is 0.503 e. The van der Waals surface area contributed by atoms with E-state index in [-0.39, 0.29) is 28.6 Å². The molecule has 0 radical (unpaired) electrons. The Morgan fingerprint density at radius 3 is 2.49 bits per heavy atom. The van der Waals surface area contributed by atoms with E-state index in [4.69, 9.17) is 9.15 Å². The Hall–Kier alpha value is -3.58. The van der Waals surface area contributed by atoms with Crippen LogP contribution in [0.15, 0.2) is 68.3 Å². The minimum Gasteiger partial charge on any atom is -0.503 e. The predicted molar refractivity (Wildman–Crippen MR) is 137 cm³/mol. The summed E-state index contributed by atoms with van der Waals surface area (Å²) >= 11 is 3.38. The van der Waals surface area contributed by atoms with Crippen LogP contribution in [-0.4, -0.2) is 29.6 Å². The molecule has 0 aliphatic carbocycles. The van der Waals surface area contributed by atoms with Crippen LogP contribution < -0.4 is 10.2 Å². The first kappa shape index (κ1) is 23.2. The maximum Gasteiger partial charge on any atom is 0.290 e. The van der Waals surface area contributed by atoms with E-state index in [1.807, 2.05) is 50.2 Å². The van der Waals surface area contributed by atoms with Gasteiger partial charge in [-0.1, -0.05) is 30.3 Å². The number of hydrogen-bond acceptors (Lipinski definition) is 5. The molecule has 1 N–H and O–H groups in total. The maximum atomic E-state index is 13.8. The van der Waals surface area contributed by atoms with Crippen molar-refractivity contribution in [1.29, 1.82) is 0 Å². The van der Waals surface area contributed by atoms with E-state index in [9.17, 15) is 14.7 Å². The van der Waals surface area contributed by atoms with Crippen molar-refractivity contribution in [2.24, 2.45) is 0 Å². The number of nitrogens with zero attached hydrogens (tertiary/aromatic N) is 1. The fourth-order valence-electron chi connectivity index (χ4n) is 4.65. The zero-order valence-electron chi connectivity index (χ0n) is 19.6. The molecule has 35 heavy (non-hydrogen) atoms. The number of aryl methyl sites for hydroxylation is 2. The highest BCUT2D eigenvalue weighted by atomic mass is 79.9. The number of phenols is 1. The first-order valence-corrected chi connectivity index (χ1v) is 12.1. The highest BCUT2D eigenvalue weighted by molar-refractivity contribution is 9.10. The monoisotopic (exact) mass is 533 g/mol. The number of ether oxygens (including phenoxy) is 1. The van der Waals surface area contributed by atoms with E-state index in [1.165, 1.54) is 7.11 Å². The molecule has 1 unspecified atom stereocenters. The summed E-state index contributed by atoms with van der Waals surface area (Å²) in [5, 5.41) is 10.8. The van der Waals surface area contributed by atoms with E-state index >= 15 is 0 Å². The first-order valence-electron chi connectivity index (χ1n) is 11.3. The number of fused-ring (bicyclic) bond motifs is 2. The molecular weight excluding hydrogens is 510 g/mol. The number of hydrogen-bond donors (Lipinski definition) is 1. The summed E-state index contributed by atoms with van der Waals surface area (Å²) in [7, 11) is 1.46. The Bertz CT molecular complexity index is 1530. The van der Waals surface area contributed by atoms with Gasteiger partial charge in [0.2, 0.25) is 5.76 Å². The van der Waals surface area contributed by atoms with Gasteiger partial charge in [0, 0.05) is 6.54 Å². The second kappa shape index (κ2) is 8.89. The molecule has 0 bridgehead atoms. The average Bonchev–Trinajstić information content (AvgIpc) is 3.13. The number of phenolic OH excluding ortho intramolecular Hbond substituents is 1. The summed E-state index contributed by atoms with van der Waals surface area (Å²) in [5.74, 6) is -0.0727. The van der Waals surface area contributed by atoms with Crippen molar-refractivity contribution in [3.8, 4) is 11.5 Å². The summed E-state index contributed by atoms with van der Waals surface area (Å²) in [6.07, 6.45) is 0.610. The molecule has 7 heteroatoms. The Morgan fingerprint density at radius 2 is 1.77 bits per heavy atom. The number of carbonyl (C=O) groups is 1. The molecule has 1 aromatic heterocycles. The number of amides is 1. The van der Waals surface area contributed by atoms with Gasteiger partial charge in [-0.3, -0.25) is 9.59 Å². The van der Waals surface area contributed by atoms with Gasteiger partial charge in [-0.05, 0) is 82.7 Å². The van der Waals surface area contributed by atoms with Gasteiger partial charge in [0.05, 0.1) is 28.6 Å². The second-order valence-corrected chi connectivity index (χ2v) is 9.65. The third kappa shape index (κ3) is 3.90. The molecular formula is C28H24BrNO5. The van der Waals surface area contributed by atoms with Gasteiger partial charge >= 0.3 is 0 Å². The standard InChI is InChI=1S/C28H24BrNO5/c1-15-11-19-21(12-16(15)2)35-27-23(25(19)31)24(18-13-20(29)26(32)22(14-18)34-3)30(28(27)33)10-9-17-7-5-4-6-8-17/h4-8,11-14,24,32H,9-10H2,1-3H3. The normalized spacial score (nSPS) is 15.0. The lowest BCUT2D eigenvalue weighted by Crippen LogP contribution is -2.31. The Kier molecular flexibility index (Phi) is 5.89. The molecule has 2 heterocycles. The van der Waals surface area contributed by atoms with Gasteiger partial charge in [0.1, 0.15) is 5.58 Å². The Morgan fingerprint density at radius 1 is 1.06 bits per heavy atom. The number of benzene rings is 3. The third-order valence-corrected chi connectivity index (χ3v) is 7.26. The lowest BCUT2D eigenvalue weighted by Gasteiger charge is -2.26. The summed E-state index contributed by atoms with van der Waals surface area (Å²) < 4.78 is 11.9. The minimum atomic E-state index is -0.686. The van der Waals surface area contributed by atoms with E-state index in [1.54, 1.807) is 23.1 Å². The van der Waals surface area contributed by atoms with Crippen molar-refractivity contribution in [3.05, 3.63) is 103 Å². The van der Waals surface area contributed by atoms with E-state index in [2.05, 4.69) is 15.9 Å².